The minimum absolute atomic E-state index is 0.194. The van der Waals surface area contributed by atoms with Crippen LogP contribution in [0.2, 0.25) is 0 Å². The lowest BCUT2D eigenvalue weighted by Crippen LogP contribution is -2.15. The van der Waals surface area contributed by atoms with Crippen molar-refractivity contribution in [3.63, 3.8) is 0 Å². The summed E-state index contributed by atoms with van der Waals surface area (Å²) in [6.45, 7) is 1.53. The van der Waals surface area contributed by atoms with E-state index in [0.29, 0.717) is 31.3 Å². The molecule has 0 radical (unpaired) electrons. The van der Waals surface area contributed by atoms with Crippen molar-refractivity contribution in [1.82, 2.24) is 9.55 Å². The van der Waals surface area contributed by atoms with Crippen LogP contribution in [0.15, 0.2) is 71.0 Å². The van der Waals surface area contributed by atoms with Gasteiger partial charge in [0.05, 0.1) is 16.1 Å². The van der Waals surface area contributed by atoms with Crippen molar-refractivity contribution >= 4 is 9.84 Å². The second-order valence-electron chi connectivity index (χ2n) is 5.69. The van der Waals surface area contributed by atoms with Gasteiger partial charge in [0.25, 0.3) is 0 Å². The Morgan fingerprint density at radius 1 is 0.960 bits per heavy atom. The van der Waals surface area contributed by atoms with Crippen LogP contribution in [0.25, 0.3) is 0 Å². The van der Waals surface area contributed by atoms with Gasteiger partial charge in [-0.05, 0) is 29.8 Å². The second-order valence-corrected chi connectivity index (χ2v) is 7.64. The van der Waals surface area contributed by atoms with Crippen LogP contribution in [-0.4, -0.2) is 31.2 Å². The normalized spacial score (nSPS) is 13.6. The van der Waals surface area contributed by atoms with Crippen molar-refractivity contribution in [3.05, 3.63) is 66.7 Å². The average Bonchev–Trinajstić information content (AvgIpc) is 3.15. The first-order valence-corrected chi connectivity index (χ1v) is 9.31. The zero-order chi connectivity index (χ0) is 17.3. The lowest BCUT2D eigenvalue weighted by Gasteiger charge is -2.18. The standard InChI is InChI=1S/C18H16N2O4S/c21-25(22,16-5-6-17-18(11-16)24-10-9-23-17)15-3-1-14(2-4-15)12-20-8-7-19-13-20/h1-8,11,13H,9-10,12H2. The highest BCUT2D eigenvalue weighted by molar-refractivity contribution is 7.91. The van der Waals surface area contributed by atoms with E-state index in [1.165, 1.54) is 6.07 Å². The molecule has 1 aliphatic heterocycles. The van der Waals surface area contributed by atoms with Gasteiger partial charge in [-0.3, -0.25) is 0 Å². The molecule has 0 N–H and O–H groups in total. The van der Waals surface area contributed by atoms with Gasteiger partial charge >= 0.3 is 0 Å². The van der Waals surface area contributed by atoms with E-state index in [4.69, 9.17) is 9.47 Å². The Kier molecular flexibility index (Phi) is 3.93. The molecule has 2 aromatic carbocycles. The molecule has 0 aliphatic carbocycles. The molecule has 0 spiro atoms. The number of imidazole rings is 1. The summed E-state index contributed by atoms with van der Waals surface area (Å²) in [4.78, 5) is 4.44. The maximum absolute atomic E-state index is 12.8. The highest BCUT2D eigenvalue weighted by atomic mass is 32.2. The van der Waals surface area contributed by atoms with Gasteiger partial charge in [-0.25, -0.2) is 13.4 Å². The van der Waals surface area contributed by atoms with Gasteiger partial charge < -0.3 is 14.0 Å². The van der Waals surface area contributed by atoms with Gasteiger partial charge in [-0.1, -0.05) is 12.1 Å². The summed E-state index contributed by atoms with van der Waals surface area (Å²) < 4.78 is 38.5. The third-order valence-electron chi connectivity index (χ3n) is 3.98. The highest BCUT2D eigenvalue weighted by Crippen LogP contribution is 2.34. The van der Waals surface area contributed by atoms with Crippen LogP contribution in [-0.2, 0) is 16.4 Å². The zero-order valence-electron chi connectivity index (χ0n) is 13.3. The zero-order valence-corrected chi connectivity index (χ0v) is 14.1. The molecule has 25 heavy (non-hydrogen) atoms. The largest absolute Gasteiger partial charge is 0.486 e. The number of hydrogen-bond acceptors (Lipinski definition) is 5. The summed E-state index contributed by atoms with van der Waals surface area (Å²) in [7, 11) is -3.61. The first kappa shape index (κ1) is 15.7. The first-order chi connectivity index (χ1) is 12.1. The van der Waals surface area contributed by atoms with Crippen LogP contribution in [0.4, 0.5) is 0 Å². The maximum atomic E-state index is 12.8. The predicted molar refractivity (Wildman–Crippen MR) is 90.7 cm³/mol. The van der Waals surface area contributed by atoms with E-state index in [0.717, 1.165) is 5.56 Å². The molecule has 4 rings (SSSR count). The molecule has 0 atom stereocenters. The van der Waals surface area contributed by atoms with E-state index in [1.807, 2.05) is 22.9 Å². The third kappa shape index (κ3) is 3.10. The van der Waals surface area contributed by atoms with Crippen LogP contribution < -0.4 is 9.47 Å². The van der Waals surface area contributed by atoms with E-state index in [2.05, 4.69) is 4.98 Å². The molecule has 1 aliphatic rings. The molecule has 1 aromatic heterocycles. The molecule has 0 unspecified atom stereocenters. The Labute approximate surface area is 145 Å². The number of rotatable bonds is 4. The van der Waals surface area contributed by atoms with Crippen molar-refractivity contribution in [2.24, 2.45) is 0 Å². The van der Waals surface area contributed by atoms with Crippen LogP contribution in [0, 0.1) is 0 Å². The number of sulfone groups is 1. The minimum atomic E-state index is -3.61. The smallest absolute Gasteiger partial charge is 0.206 e. The fourth-order valence-corrected chi connectivity index (χ4v) is 3.97. The Hall–Kier alpha value is -2.80. The van der Waals surface area contributed by atoms with Crippen molar-refractivity contribution in [2.45, 2.75) is 16.3 Å². The summed E-state index contributed by atoms with van der Waals surface area (Å²) in [6, 6.07) is 11.6. The van der Waals surface area contributed by atoms with Crippen molar-refractivity contribution < 1.29 is 17.9 Å². The molecule has 0 saturated carbocycles. The number of nitrogens with zero attached hydrogens (tertiary/aromatic N) is 2. The number of fused-ring (bicyclic) bond motifs is 1. The quantitative estimate of drug-likeness (QED) is 0.718. The van der Waals surface area contributed by atoms with Gasteiger partial charge in [0, 0.05) is 25.0 Å². The van der Waals surface area contributed by atoms with Gasteiger partial charge in [-0.15, -0.1) is 0 Å². The Bertz CT molecular complexity index is 980. The van der Waals surface area contributed by atoms with Crippen molar-refractivity contribution in [2.75, 3.05) is 13.2 Å². The predicted octanol–water partition coefficient (Wildman–Crippen LogP) is 2.54. The van der Waals surface area contributed by atoms with Gasteiger partial charge in [0.1, 0.15) is 13.2 Å². The lowest BCUT2D eigenvalue weighted by atomic mass is 10.2. The molecule has 0 fully saturated rings. The van der Waals surface area contributed by atoms with Crippen LogP contribution in [0.1, 0.15) is 5.56 Å². The van der Waals surface area contributed by atoms with E-state index in [9.17, 15) is 8.42 Å². The molecular weight excluding hydrogens is 340 g/mol. The second kappa shape index (κ2) is 6.25. The first-order valence-electron chi connectivity index (χ1n) is 7.82. The van der Waals surface area contributed by atoms with Crippen LogP contribution >= 0.6 is 0 Å². The van der Waals surface area contributed by atoms with E-state index in [-0.39, 0.29) is 9.79 Å². The van der Waals surface area contributed by atoms with Gasteiger partial charge in [0.15, 0.2) is 11.5 Å². The van der Waals surface area contributed by atoms with Crippen LogP contribution in [0.5, 0.6) is 11.5 Å². The summed E-state index contributed by atoms with van der Waals surface area (Å²) in [6.07, 6.45) is 5.29. The summed E-state index contributed by atoms with van der Waals surface area (Å²) in [5.74, 6) is 1.03. The molecule has 0 bridgehead atoms. The molecule has 0 amide bonds. The minimum Gasteiger partial charge on any atom is -0.486 e. The Balaban J connectivity index is 1.61. The Morgan fingerprint density at radius 2 is 1.68 bits per heavy atom. The van der Waals surface area contributed by atoms with Crippen molar-refractivity contribution in [3.8, 4) is 11.5 Å². The summed E-state index contributed by atoms with van der Waals surface area (Å²) >= 11 is 0. The van der Waals surface area contributed by atoms with E-state index < -0.39 is 9.84 Å². The van der Waals surface area contributed by atoms with E-state index >= 15 is 0 Å². The Morgan fingerprint density at radius 3 is 2.40 bits per heavy atom. The fourth-order valence-electron chi connectivity index (χ4n) is 2.69. The molecule has 128 valence electrons. The molecule has 7 heteroatoms. The monoisotopic (exact) mass is 356 g/mol. The number of hydrogen-bond donors (Lipinski definition) is 0. The maximum Gasteiger partial charge on any atom is 0.206 e. The number of ether oxygens (including phenoxy) is 2. The van der Waals surface area contributed by atoms with Gasteiger partial charge in [-0.2, -0.15) is 0 Å². The summed E-state index contributed by atoms with van der Waals surface area (Å²) in [5, 5.41) is 0. The SMILES string of the molecule is O=S(=O)(c1ccc(Cn2ccnc2)cc1)c1ccc2c(c1)OCCO2. The van der Waals surface area contributed by atoms with Gasteiger partial charge in [0.2, 0.25) is 9.84 Å². The molecule has 2 heterocycles. The lowest BCUT2D eigenvalue weighted by molar-refractivity contribution is 0.171. The topological polar surface area (TPSA) is 70.4 Å². The molecule has 6 nitrogen and oxygen atoms in total. The highest BCUT2D eigenvalue weighted by Gasteiger charge is 2.21. The molecular formula is C18H16N2O4S. The molecule has 0 saturated heterocycles. The molecule has 3 aromatic rings. The number of aromatic nitrogens is 2. The average molecular weight is 356 g/mol. The summed E-state index contributed by atoms with van der Waals surface area (Å²) in [5.41, 5.74) is 0.999. The van der Waals surface area contributed by atoms with Crippen molar-refractivity contribution in [1.29, 1.82) is 0 Å². The van der Waals surface area contributed by atoms with Crippen LogP contribution in [0.3, 0.4) is 0 Å². The fraction of sp³-hybridized carbons (Fsp3) is 0.167. The third-order valence-corrected chi connectivity index (χ3v) is 5.75. The number of benzene rings is 2. The van der Waals surface area contributed by atoms with E-state index in [1.54, 1.807) is 36.8 Å².